The first kappa shape index (κ1) is 18.5. The van der Waals surface area contributed by atoms with Crippen LogP contribution < -0.4 is 0 Å². The second-order valence-corrected chi connectivity index (χ2v) is 9.09. The van der Waals surface area contributed by atoms with E-state index in [4.69, 9.17) is 11.6 Å². The fraction of sp³-hybridized carbons (Fsp3) is 0.429. The van der Waals surface area contributed by atoms with Crippen molar-refractivity contribution < 1.29 is 4.79 Å². The van der Waals surface area contributed by atoms with Crippen LogP contribution in [0, 0.1) is 13.8 Å². The minimum absolute atomic E-state index is 0.106. The average molecular weight is 402 g/mol. The van der Waals surface area contributed by atoms with Gasteiger partial charge in [0, 0.05) is 36.6 Å². The predicted molar refractivity (Wildman–Crippen MR) is 112 cm³/mol. The lowest BCUT2D eigenvalue weighted by atomic mass is 10.1. The van der Waals surface area contributed by atoms with E-state index in [1.54, 1.807) is 0 Å². The maximum absolute atomic E-state index is 13.5. The highest BCUT2D eigenvalue weighted by atomic mass is 35.5. The van der Waals surface area contributed by atoms with E-state index in [2.05, 4.69) is 41.4 Å². The Hall–Kier alpha value is -1.85. The van der Waals surface area contributed by atoms with E-state index in [9.17, 15) is 4.79 Å². The Bertz CT molecular complexity index is 1000. The van der Waals surface area contributed by atoms with Crippen molar-refractivity contribution >= 4 is 39.1 Å². The lowest BCUT2D eigenvalue weighted by Crippen LogP contribution is -2.38. The number of fused-ring (bicyclic) bond motifs is 1. The largest absolute Gasteiger partial charge is 0.352 e. The number of benzene rings is 1. The molecular formula is C21H24ClN3OS. The molecule has 1 fully saturated rings. The highest BCUT2D eigenvalue weighted by Gasteiger charge is 2.28. The number of carbonyl (C=O) groups is 1. The summed E-state index contributed by atoms with van der Waals surface area (Å²) in [7, 11) is 2.08. The lowest BCUT2D eigenvalue weighted by molar-refractivity contribution is 0.0664. The summed E-state index contributed by atoms with van der Waals surface area (Å²) < 4.78 is 3.67. The summed E-state index contributed by atoms with van der Waals surface area (Å²) in [5.74, 6) is 0.106. The first-order chi connectivity index (χ1) is 12.9. The van der Waals surface area contributed by atoms with Gasteiger partial charge in [0.15, 0.2) is 4.47 Å². The molecule has 0 saturated heterocycles. The van der Waals surface area contributed by atoms with Gasteiger partial charge in [-0.15, -0.1) is 11.3 Å². The highest BCUT2D eigenvalue weighted by molar-refractivity contribution is 7.22. The van der Waals surface area contributed by atoms with Crippen LogP contribution in [-0.2, 0) is 13.6 Å². The van der Waals surface area contributed by atoms with Crippen LogP contribution in [0.15, 0.2) is 24.3 Å². The van der Waals surface area contributed by atoms with Gasteiger partial charge in [0.25, 0.3) is 5.91 Å². The zero-order valence-electron chi connectivity index (χ0n) is 16.0. The molecule has 1 aliphatic carbocycles. The Labute approximate surface area is 168 Å². The number of amides is 1. The summed E-state index contributed by atoms with van der Waals surface area (Å²) in [5, 5.41) is 0. The second kappa shape index (κ2) is 7.28. The van der Waals surface area contributed by atoms with E-state index in [0.717, 1.165) is 28.6 Å². The van der Waals surface area contributed by atoms with Crippen LogP contribution in [0.1, 0.15) is 53.0 Å². The fourth-order valence-corrected chi connectivity index (χ4v) is 5.12. The number of hydrogen-bond donors (Lipinski definition) is 0. The number of thiazole rings is 1. The minimum atomic E-state index is 0.106. The molecule has 1 aliphatic rings. The van der Waals surface area contributed by atoms with Crippen LogP contribution in [0.3, 0.4) is 0 Å². The van der Waals surface area contributed by atoms with Gasteiger partial charge in [0.1, 0.15) is 0 Å². The fourth-order valence-electron chi connectivity index (χ4n) is 4.05. The molecule has 2 heterocycles. The maximum Gasteiger partial charge on any atom is 0.254 e. The van der Waals surface area contributed by atoms with E-state index in [1.807, 2.05) is 18.2 Å². The van der Waals surface area contributed by atoms with Gasteiger partial charge in [0.2, 0.25) is 0 Å². The summed E-state index contributed by atoms with van der Waals surface area (Å²) in [4.78, 5) is 19.8. The number of carbonyl (C=O) groups excluding carboxylic acids is 1. The topological polar surface area (TPSA) is 38.1 Å². The van der Waals surface area contributed by atoms with Gasteiger partial charge in [-0.2, -0.15) is 0 Å². The average Bonchev–Trinajstić information content (AvgIpc) is 3.35. The van der Waals surface area contributed by atoms with Crippen LogP contribution in [0.4, 0.5) is 0 Å². The SMILES string of the molecule is Cc1cc(CN(C(=O)c2ccc3nc(Cl)sc3c2)C2CCCC2)c(C)n1C. The van der Waals surface area contributed by atoms with Crippen LogP contribution in [0.25, 0.3) is 10.2 Å². The van der Waals surface area contributed by atoms with Crippen molar-refractivity contribution in [2.75, 3.05) is 0 Å². The first-order valence-electron chi connectivity index (χ1n) is 9.43. The van der Waals surface area contributed by atoms with Crippen molar-refractivity contribution in [2.24, 2.45) is 7.05 Å². The van der Waals surface area contributed by atoms with Gasteiger partial charge < -0.3 is 9.47 Å². The zero-order valence-corrected chi connectivity index (χ0v) is 17.5. The molecule has 1 saturated carbocycles. The summed E-state index contributed by atoms with van der Waals surface area (Å²) in [5.41, 5.74) is 5.26. The third kappa shape index (κ3) is 3.50. The van der Waals surface area contributed by atoms with Crippen LogP contribution in [0.5, 0.6) is 0 Å². The molecule has 0 radical (unpaired) electrons. The van der Waals surface area contributed by atoms with E-state index in [-0.39, 0.29) is 5.91 Å². The monoisotopic (exact) mass is 401 g/mol. The minimum Gasteiger partial charge on any atom is -0.352 e. The van der Waals surface area contributed by atoms with Crippen molar-refractivity contribution in [3.05, 3.63) is 51.2 Å². The van der Waals surface area contributed by atoms with Gasteiger partial charge in [-0.3, -0.25) is 4.79 Å². The highest BCUT2D eigenvalue weighted by Crippen LogP contribution is 2.30. The van der Waals surface area contributed by atoms with Crippen LogP contribution >= 0.6 is 22.9 Å². The number of aromatic nitrogens is 2. The molecular weight excluding hydrogens is 378 g/mol. The van der Waals surface area contributed by atoms with E-state index in [0.29, 0.717) is 17.1 Å². The summed E-state index contributed by atoms with van der Waals surface area (Å²) in [6.45, 7) is 4.91. The number of halogens is 1. The molecule has 0 bridgehead atoms. The van der Waals surface area contributed by atoms with Gasteiger partial charge in [0.05, 0.1) is 10.2 Å². The van der Waals surface area contributed by atoms with E-state index < -0.39 is 0 Å². The number of nitrogens with zero attached hydrogens (tertiary/aromatic N) is 3. The smallest absolute Gasteiger partial charge is 0.254 e. The Morgan fingerprint density at radius 2 is 2.04 bits per heavy atom. The number of hydrogen-bond acceptors (Lipinski definition) is 3. The third-order valence-electron chi connectivity index (χ3n) is 5.86. The van der Waals surface area contributed by atoms with Gasteiger partial charge >= 0.3 is 0 Å². The molecule has 27 heavy (non-hydrogen) atoms. The molecule has 1 aromatic carbocycles. The molecule has 3 aromatic rings. The Morgan fingerprint density at radius 1 is 1.30 bits per heavy atom. The standard InChI is InChI=1S/C21H24ClN3OS/c1-13-10-16(14(2)24(13)3)12-25(17-6-4-5-7-17)20(26)15-8-9-18-19(11-15)27-21(22)23-18/h8-11,17H,4-7,12H2,1-3H3. The first-order valence-corrected chi connectivity index (χ1v) is 10.6. The Morgan fingerprint density at radius 3 is 2.70 bits per heavy atom. The molecule has 0 unspecified atom stereocenters. The van der Waals surface area contributed by atoms with Gasteiger partial charge in [-0.05, 0) is 56.5 Å². The second-order valence-electron chi connectivity index (χ2n) is 7.48. The van der Waals surface area contributed by atoms with Crippen molar-refractivity contribution in [3.8, 4) is 0 Å². The molecule has 6 heteroatoms. The molecule has 142 valence electrons. The Kier molecular flexibility index (Phi) is 4.99. The summed E-state index contributed by atoms with van der Waals surface area (Å²) in [6.07, 6.45) is 4.58. The molecule has 4 nitrogen and oxygen atoms in total. The summed E-state index contributed by atoms with van der Waals surface area (Å²) in [6, 6.07) is 8.24. The molecule has 0 aliphatic heterocycles. The Balaban J connectivity index is 1.68. The van der Waals surface area contributed by atoms with Crippen molar-refractivity contribution in [3.63, 3.8) is 0 Å². The van der Waals surface area contributed by atoms with E-state index in [1.165, 1.54) is 41.1 Å². The normalized spacial score (nSPS) is 15.0. The lowest BCUT2D eigenvalue weighted by Gasteiger charge is -2.29. The molecule has 2 aromatic heterocycles. The molecule has 0 atom stereocenters. The van der Waals surface area contributed by atoms with Gasteiger partial charge in [-0.1, -0.05) is 24.4 Å². The van der Waals surface area contributed by atoms with Crippen LogP contribution in [-0.4, -0.2) is 26.4 Å². The van der Waals surface area contributed by atoms with Crippen LogP contribution in [0.2, 0.25) is 4.47 Å². The number of rotatable bonds is 4. The van der Waals surface area contributed by atoms with Crippen molar-refractivity contribution in [1.29, 1.82) is 0 Å². The molecule has 4 rings (SSSR count). The molecule has 0 N–H and O–H groups in total. The third-order valence-corrected chi connectivity index (χ3v) is 6.98. The summed E-state index contributed by atoms with van der Waals surface area (Å²) >= 11 is 7.45. The molecule has 1 amide bonds. The quantitative estimate of drug-likeness (QED) is 0.579. The zero-order chi connectivity index (χ0) is 19.1. The van der Waals surface area contributed by atoms with E-state index >= 15 is 0 Å². The molecule has 0 spiro atoms. The van der Waals surface area contributed by atoms with Gasteiger partial charge in [-0.25, -0.2) is 4.98 Å². The van der Waals surface area contributed by atoms with Crippen molar-refractivity contribution in [2.45, 2.75) is 52.1 Å². The predicted octanol–water partition coefficient (Wildman–Crippen LogP) is 5.49. The maximum atomic E-state index is 13.5. The number of aryl methyl sites for hydroxylation is 1. The van der Waals surface area contributed by atoms with Crippen molar-refractivity contribution in [1.82, 2.24) is 14.5 Å².